The van der Waals surface area contributed by atoms with Crippen molar-refractivity contribution in [3.63, 3.8) is 0 Å². The SMILES string of the molecule is CN1CCC2(CC(C(=O)O)=NO2)C1.N#CC1(NC(=O)[C@@H]([NH-])CC(F)(F)Cc2ccccc2)CC1. The van der Waals surface area contributed by atoms with Gasteiger partial charge in [0, 0.05) is 38.8 Å². The number of carboxylic acids is 1. The highest BCUT2D eigenvalue weighted by atomic mass is 19.3. The van der Waals surface area contributed by atoms with E-state index >= 15 is 0 Å². The average molecular weight is 477 g/mol. The molecule has 1 unspecified atom stereocenters. The van der Waals surface area contributed by atoms with E-state index in [0.717, 1.165) is 19.5 Å². The van der Waals surface area contributed by atoms with Crippen LogP contribution in [0.3, 0.4) is 0 Å². The van der Waals surface area contributed by atoms with E-state index in [-0.39, 0.29) is 11.3 Å². The summed E-state index contributed by atoms with van der Waals surface area (Å²) in [5, 5.41) is 23.5. The molecular weight excluding hydrogens is 448 g/mol. The Balaban J connectivity index is 0.000000212. The molecule has 2 aliphatic heterocycles. The Labute approximate surface area is 196 Å². The molecule has 3 aliphatic rings. The Kier molecular flexibility index (Phi) is 7.53. The molecule has 3 N–H and O–H groups in total. The van der Waals surface area contributed by atoms with Crippen LogP contribution in [0.25, 0.3) is 5.73 Å². The lowest BCUT2D eigenvalue weighted by Crippen LogP contribution is -2.43. The summed E-state index contributed by atoms with van der Waals surface area (Å²) in [6.45, 7) is 1.72. The molecule has 1 aliphatic carbocycles. The van der Waals surface area contributed by atoms with Crippen molar-refractivity contribution < 1.29 is 28.3 Å². The van der Waals surface area contributed by atoms with Gasteiger partial charge in [-0.05, 0) is 25.5 Å². The first kappa shape index (κ1) is 25.5. The number of hydrogen-bond donors (Lipinski definition) is 2. The minimum atomic E-state index is -3.13. The number of carbonyl (C=O) groups is 2. The third-order valence-electron chi connectivity index (χ3n) is 6.04. The number of alkyl halides is 2. The number of rotatable bonds is 7. The standard InChI is InChI=1S/C15H16F2N3O.C8H12N2O3/c16-15(17,8-11-4-2-1-3-5-11)9-12(19)13(21)20-14(10-18)6-7-14;1-10-3-2-8(5-10)4-6(7(11)12)9-13-8/h1-5,12,19H,6-9H2,(H,20,21);2-5H2,1H3,(H,11,12)/q-1;/t12-;/m0./s1. The van der Waals surface area contributed by atoms with Crippen LogP contribution in [0.5, 0.6) is 0 Å². The van der Waals surface area contributed by atoms with Crippen molar-refractivity contribution >= 4 is 17.6 Å². The molecule has 2 atom stereocenters. The Morgan fingerprint density at radius 1 is 1.35 bits per heavy atom. The summed E-state index contributed by atoms with van der Waals surface area (Å²) in [4.78, 5) is 29.6. The van der Waals surface area contributed by atoms with Crippen LogP contribution >= 0.6 is 0 Å². The van der Waals surface area contributed by atoms with E-state index in [9.17, 15) is 18.4 Å². The van der Waals surface area contributed by atoms with Gasteiger partial charge in [-0.15, -0.1) is 0 Å². The summed E-state index contributed by atoms with van der Waals surface area (Å²) >= 11 is 0. The van der Waals surface area contributed by atoms with Crippen molar-refractivity contribution in [3.05, 3.63) is 41.6 Å². The second-order valence-corrected chi connectivity index (χ2v) is 9.24. The molecule has 34 heavy (non-hydrogen) atoms. The van der Waals surface area contributed by atoms with Gasteiger partial charge in [0.15, 0.2) is 11.3 Å². The summed E-state index contributed by atoms with van der Waals surface area (Å²) in [6, 6.07) is 8.60. The number of nitrogens with zero attached hydrogens (tertiary/aromatic N) is 3. The largest absolute Gasteiger partial charge is 0.667 e. The van der Waals surface area contributed by atoms with E-state index < -0.39 is 42.2 Å². The number of halogens is 2. The van der Waals surface area contributed by atoms with Gasteiger partial charge in [0.05, 0.1) is 6.07 Å². The Hall–Kier alpha value is -3.10. The summed E-state index contributed by atoms with van der Waals surface area (Å²) in [7, 11) is 2.00. The number of nitrogens with one attached hydrogen (secondary N) is 2. The first-order chi connectivity index (χ1) is 16.0. The number of hydrogen-bond acceptors (Lipinski definition) is 6. The topological polar surface area (TPSA) is 139 Å². The zero-order chi connectivity index (χ0) is 25.0. The lowest BCUT2D eigenvalue weighted by molar-refractivity contribution is -0.129. The van der Waals surface area contributed by atoms with E-state index in [1.807, 2.05) is 13.1 Å². The molecule has 1 saturated carbocycles. The van der Waals surface area contributed by atoms with Gasteiger partial charge in [-0.2, -0.15) is 5.26 Å². The minimum Gasteiger partial charge on any atom is -0.667 e. The molecule has 1 saturated heterocycles. The zero-order valence-corrected chi connectivity index (χ0v) is 18.9. The van der Waals surface area contributed by atoms with Crippen LogP contribution in [-0.4, -0.2) is 70.8 Å². The van der Waals surface area contributed by atoms with Gasteiger partial charge in [-0.25, -0.2) is 13.6 Å². The fourth-order valence-corrected chi connectivity index (χ4v) is 3.97. The maximum Gasteiger partial charge on any atom is 0.353 e. The Bertz CT molecular complexity index is 977. The van der Waals surface area contributed by atoms with Crippen LogP contribution in [0, 0.1) is 11.3 Å². The lowest BCUT2D eigenvalue weighted by atomic mass is 9.97. The number of likely N-dealkylation sites (N-methyl/N-ethyl adjacent to an activating group) is 1. The molecule has 1 aromatic carbocycles. The lowest BCUT2D eigenvalue weighted by Gasteiger charge is -2.26. The molecule has 9 nitrogen and oxygen atoms in total. The van der Waals surface area contributed by atoms with Crippen molar-refractivity contribution in [2.75, 3.05) is 20.1 Å². The Morgan fingerprint density at radius 3 is 2.53 bits per heavy atom. The number of nitriles is 1. The molecule has 0 radical (unpaired) electrons. The van der Waals surface area contributed by atoms with Crippen molar-refractivity contribution in [2.45, 2.75) is 61.6 Å². The molecule has 1 amide bonds. The van der Waals surface area contributed by atoms with Gasteiger partial charge in [-0.3, -0.25) is 4.79 Å². The fourth-order valence-electron chi connectivity index (χ4n) is 3.97. The Morgan fingerprint density at radius 2 is 2.03 bits per heavy atom. The molecule has 2 heterocycles. The third-order valence-corrected chi connectivity index (χ3v) is 6.04. The highest BCUT2D eigenvalue weighted by molar-refractivity contribution is 6.36. The smallest absolute Gasteiger partial charge is 0.353 e. The first-order valence-corrected chi connectivity index (χ1v) is 11.0. The summed E-state index contributed by atoms with van der Waals surface area (Å²) < 4.78 is 27.8. The van der Waals surface area contributed by atoms with Crippen LogP contribution in [-0.2, 0) is 20.8 Å². The van der Waals surface area contributed by atoms with Crippen LogP contribution in [0.1, 0.15) is 37.7 Å². The molecule has 0 bridgehead atoms. The van der Waals surface area contributed by atoms with Gasteiger partial charge in [0.2, 0.25) is 5.91 Å². The van der Waals surface area contributed by atoms with E-state index in [4.69, 9.17) is 20.9 Å². The van der Waals surface area contributed by atoms with Gasteiger partial charge in [0.25, 0.3) is 5.92 Å². The van der Waals surface area contributed by atoms with E-state index in [2.05, 4.69) is 15.4 Å². The fraction of sp³-hybridized carbons (Fsp3) is 0.565. The molecule has 1 aromatic rings. The minimum absolute atomic E-state index is 0.148. The van der Waals surface area contributed by atoms with Crippen molar-refractivity contribution in [2.24, 2.45) is 5.16 Å². The van der Waals surface area contributed by atoms with E-state index in [1.54, 1.807) is 30.3 Å². The monoisotopic (exact) mass is 476 g/mol. The van der Waals surface area contributed by atoms with Crippen molar-refractivity contribution in [3.8, 4) is 6.07 Å². The molecule has 1 spiro atoms. The number of carbonyl (C=O) groups excluding carboxylic acids is 1. The predicted octanol–water partition coefficient (Wildman–Crippen LogP) is 2.77. The zero-order valence-electron chi connectivity index (χ0n) is 18.9. The molecule has 184 valence electrons. The number of aliphatic carboxylic acids is 1. The van der Waals surface area contributed by atoms with Gasteiger partial charge in [0.1, 0.15) is 5.54 Å². The maximum atomic E-state index is 13.9. The van der Waals surface area contributed by atoms with Gasteiger partial charge in [-0.1, -0.05) is 41.5 Å². The normalized spacial score (nSPS) is 23.7. The highest BCUT2D eigenvalue weighted by Gasteiger charge is 2.46. The number of carboxylic acid groups (broad SMARTS) is 1. The molecule has 2 fully saturated rings. The summed E-state index contributed by atoms with van der Waals surface area (Å²) in [6.07, 6.45) is 0.982. The van der Waals surface area contributed by atoms with Crippen LogP contribution in [0.15, 0.2) is 35.5 Å². The van der Waals surface area contributed by atoms with Gasteiger partial charge < -0.3 is 25.9 Å². The van der Waals surface area contributed by atoms with E-state index in [1.165, 1.54) is 0 Å². The van der Waals surface area contributed by atoms with Crippen molar-refractivity contribution in [1.82, 2.24) is 10.2 Å². The second kappa shape index (κ2) is 10.0. The molecule has 11 heteroatoms. The number of benzene rings is 1. The molecular formula is C23H28F2N5O4-. The quantitative estimate of drug-likeness (QED) is 0.620. The summed E-state index contributed by atoms with van der Waals surface area (Å²) in [5.74, 6) is -4.90. The number of likely N-dealkylation sites (tertiary alicyclic amines) is 1. The first-order valence-electron chi connectivity index (χ1n) is 11.0. The highest BCUT2D eigenvalue weighted by Crippen LogP contribution is 2.35. The van der Waals surface area contributed by atoms with Crippen LogP contribution in [0.4, 0.5) is 8.78 Å². The molecule has 0 aromatic heterocycles. The van der Waals surface area contributed by atoms with E-state index in [0.29, 0.717) is 24.8 Å². The third kappa shape index (κ3) is 6.71. The maximum absolute atomic E-state index is 13.9. The number of amides is 1. The number of oxime groups is 1. The summed E-state index contributed by atoms with van der Waals surface area (Å²) in [5.41, 5.74) is 6.92. The van der Waals surface area contributed by atoms with Gasteiger partial charge >= 0.3 is 5.97 Å². The van der Waals surface area contributed by atoms with Crippen LogP contribution in [0.2, 0.25) is 0 Å². The average Bonchev–Trinajstić information content (AvgIpc) is 3.27. The van der Waals surface area contributed by atoms with Crippen molar-refractivity contribution in [1.29, 1.82) is 5.26 Å². The second-order valence-electron chi connectivity index (χ2n) is 9.24. The van der Waals surface area contributed by atoms with Crippen LogP contribution < -0.4 is 5.32 Å². The predicted molar refractivity (Wildman–Crippen MR) is 119 cm³/mol. The molecule has 4 rings (SSSR count).